The molecule has 1 aromatic heterocycles. The Morgan fingerprint density at radius 1 is 1.46 bits per heavy atom. The molecule has 0 bridgehead atoms. The maximum absolute atomic E-state index is 11.9. The Bertz CT molecular complexity index is 357. The lowest BCUT2D eigenvalue weighted by Crippen LogP contribution is -2.31. The van der Waals surface area contributed by atoms with Gasteiger partial charge in [0.1, 0.15) is 0 Å². The van der Waals surface area contributed by atoms with E-state index in [9.17, 15) is 17.7 Å². The minimum Gasteiger partial charge on any atom is -0.448 e. The van der Waals surface area contributed by atoms with Gasteiger partial charge in [-0.2, -0.15) is 0 Å². The molecular weight excluding hydrogens is 182 g/mol. The van der Waals surface area contributed by atoms with Crippen LogP contribution < -0.4 is 5.56 Å². The van der Waals surface area contributed by atoms with Crippen molar-refractivity contribution in [3.05, 3.63) is 34.2 Å². The van der Waals surface area contributed by atoms with Crippen LogP contribution in [0.4, 0.5) is 12.9 Å². The van der Waals surface area contributed by atoms with E-state index in [1.165, 1.54) is 12.1 Å². The van der Waals surface area contributed by atoms with Gasteiger partial charge in [-0.25, -0.2) is 0 Å². The predicted octanol–water partition coefficient (Wildman–Crippen LogP) is 1.54. The molecule has 0 aliphatic carbocycles. The highest BCUT2D eigenvalue weighted by atomic mass is 19.4. The molecule has 6 heteroatoms. The van der Waals surface area contributed by atoms with Crippen LogP contribution in [0, 0.1) is 6.92 Å². The maximum atomic E-state index is 11.9. The molecule has 2 nitrogen and oxygen atoms in total. The Morgan fingerprint density at radius 3 is 2.54 bits per heavy atom. The molecule has 0 fully saturated rings. The Kier molecular flexibility index (Phi) is 2.49. The predicted molar refractivity (Wildman–Crippen MR) is 44.5 cm³/mol. The minimum atomic E-state index is -4.95. The molecule has 0 radical (unpaired) electrons. The normalized spacial score (nSPS) is 11.7. The molecule has 1 rings (SSSR count). The van der Waals surface area contributed by atoms with E-state index in [1.54, 1.807) is 6.92 Å². The molecule has 1 heterocycles. The second-order valence-corrected chi connectivity index (χ2v) is 2.91. The van der Waals surface area contributed by atoms with Crippen LogP contribution >= 0.6 is 0 Å². The van der Waals surface area contributed by atoms with Crippen molar-refractivity contribution in [3.63, 3.8) is 0 Å². The van der Waals surface area contributed by atoms with Crippen molar-refractivity contribution in [2.45, 2.75) is 13.4 Å². The molecule has 0 aromatic carbocycles. The first-order chi connectivity index (χ1) is 5.88. The van der Waals surface area contributed by atoms with Crippen molar-refractivity contribution in [1.29, 1.82) is 0 Å². The summed E-state index contributed by atoms with van der Waals surface area (Å²) in [6, 6.07) is 2.66. The molecule has 0 amide bonds. The van der Waals surface area contributed by atoms with Gasteiger partial charge in [-0.1, -0.05) is 0 Å². The first-order valence-electron chi connectivity index (χ1n) is 3.76. The summed E-state index contributed by atoms with van der Waals surface area (Å²) in [5.41, 5.74) is 0.0510. The van der Waals surface area contributed by atoms with Crippen molar-refractivity contribution in [2.24, 2.45) is 0 Å². The lowest BCUT2D eigenvalue weighted by molar-refractivity contribution is 0.443. The van der Waals surface area contributed by atoms with Crippen molar-refractivity contribution in [2.75, 3.05) is 0 Å². The summed E-state index contributed by atoms with van der Waals surface area (Å²) in [6.07, 6.45) is -0.00792. The van der Waals surface area contributed by atoms with Crippen LogP contribution in [0.5, 0.6) is 0 Å². The fourth-order valence-electron chi connectivity index (χ4n) is 0.981. The van der Waals surface area contributed by atoms with Crippen LogP contribution in [-0.2, 0) is 6.44 Å². The third kappa shape index (κ3) is 2.97. The molecule has 13 heavy (non-hydrogen) atoms. The first kappa shape index (κ1) is 9.89. The zero-order chi connectivity index (χ0) is 10.1. The van der Waals surface area contributed by atoms with E-state index >= 15 is 0 Å². The minimum absolute atomic E-state index is 0.612. The molecule has 1 aromatic rings. The molecule has 0 atom stereocenters. The van der Waals surface area contributed by atoms with Gasteiger partial charge in [-0.3, -0.25) is 4.79 Å². The average Bonchev–Trinajstić information content (AvgIpc) is 1.93. The number of pyridine rings is 1. The second kappa shape index (κ2) is 3.28. The van der Waals surface area contributed by atoms with Crippen LogP contribution in [0.3, 0.4) is 0 Å². The number of aromatic nitrogens is 1. The third-order valence-corrected chi connectivity index (χ3v) is 1.56. The topological polar surface area (TPSA) is 22.0 Å². The average molecular weight is 190 g/mol. The summed E-state index contributed by atoms with van der Waals surface area (Å²) in [6.45, 7) is -3.29. The van der Waals surface area contributed by atoms with Gasteiger partial charge in [0.15, 0.2) is 0 Å². The standard InChI is InChI=1S/C7H8BF3NO/c1-6-2-3-12(7(13)4-6)5-8(9,10)11/h2-4H,5H2,1H3/q-1. The highest BCUT2D eigenvalue weighted by Gasteiger charge is 2.23. The number of aryl methyl sites for hydroxylation is 1. The number of hydrogen-bond acceptors (Lipinski definition) is 1. The molecule has 0 saturated carbocycles. The molecule has 0 aliphatic heterocycles. The monoisotopic (exact) mass is 190 g/mol. The summed E-state index contributed by atoms with van der Waals surface area (Å²) in [5.74, 6) is 0. The summed E-state index contributed by atoms with van der Waals surface area (Å²) in [5, 5.41) is 0. The van der Waals surface area contributed by atoms with Crippen LogP contribution in [0.15, 0.2) is 23.1 Å². The van der Waals surface area contributed by atoms with Gasteiger partial charge in [0.05, 0.1) is 0 Å². The van der Waals surface area contributed by atoms with E-state index in [2.05, 4.69) is 0 Å². The Morgan fingerprint density at radius 2 is 2.08 bits per heavy atom. The highest BCUT2D eigenvalue weighted by molar-refractivity contribution is 6.57. The number of hydrogen-bond donors (Lipinski definition) is 0. The third-order valence-electron chi connectivity index (χ3n) is 1.56. The fraction of sp³-hybridized carbons (Fsp3) is 0.286. The van der Waals surface area contributed by atoms with Crippen molar-refractivity contribution >= 4 is 6.98 Å². The summed E-state index contributed by atoms with van der Waals surface area (Å²) in [4.78, 5) is 11.0. The van der Waals surface area contributed by atoms with Crippen LogP contribution in [0.25, 0.3) is 0 Å². The number of halogens is 3. The lowest BCUT2D eigenvalue weighted by atomic mass is 9.92. The molecule has 0 spiro atoms. The van der Waals surface area contributed by atoms with Gasteiger partial charge in [-0.15, -0.1) is 0 Å². The number of rotatable bonds is 2. The molecule has 0 aliphatic rings. The largest absolute Gasteiger partial charge is 0.497 e. The van der Waals surface area contributed by atoms with Crippen LogP contribution in [0.1, 0.15) is 5.56 Å². The van der Waals surface area contributed by atoms with Crippen molar-refractivity contribution in [1.82, 2.24) is 4.57 Å². The van der Waals surface area contributed by atoms with Gasteiger partial charge < -0.3 is 17.5 Å². The maximum Gasteiger partial charge on any atom is 0.497 e. The summed E-state index contributed by atoms with van der Waals surface area (Å²) >= 11 is 0. The molecule has 0 N–H and O–H groups in total. The molecule has 0 unspecified atom stereocenters. The van der Waals surface area contributed by atoms with Gasteiger partial charge in [0.2, 0.25) is 5.56 Å². The quantitative estimate of drug-likeness (QED) is 0.648. The van der Waals surface area contributed by atoms with E-state index in [0.717, 1.165) is 6.20 Å². The lowest BCUT2D eigenvalue weighted by Gasteiger charge is -2.15. The van der Waals surface area contributed by atoms with E-state index in [-0.39, 0.29) is 0 Å². The van der Waals surface area contributed by atoms with Gasteiger partial charge in [0.25, 0.3) is 0 Å². The number of nitrogens with zero attached hydrogens (tertiary/aromatic N) is 1. The fourth-order valence-corrected chi connectivity index (χ4v) is 0.981. The van der Waals surface area contributed by atoms with Gasteiger partial charge >= 0.3 is 6.98 Å². The second-order valence-electron chi connectivity index (χ2n) is 2.91. The molecular formula is C7H8BF3NO-. The SMILES string of the molecule is Cc1ccn(C[B-](F)(F)F)c(=O)c1. The van der Waals surface area contributed by atoms with Gasteiger partial charge in [0, 0.05) is 12.3 Å². The Hall–Kier alpha value is -1.20. The van der Waals surface area contributed by atoms with Crippen molar-refractivity contribution < 1.29 is 12.9 Å². The Balaban J connectivity index is 2.98. The molecule has 72 valence electrons. The summed E-state index contributed by atoms with van der Waals surface area (Å²) < 4.78 is 36.4. The smallest absolute Gasteiger partial charge is 0.448 e. The first-order valence-corrected chi connectivity index (χ1v) is 3.76. The van der Waals surface area contributed by atoms with E-state index < -0.39 is 19.0 Å². The zero-order valence-corrected chi connectivity index (χ0v) is 7.01. The van der Waals surface area contributed by atoms with Crippen molar-refractivity contribution in [3.8, 4) is 0 Å². The van der Waals surface area contributed by atoms with E-state index in [0.29, 0.717) is 10.1 Å². The van der Waals surface area contributed by atoms with Crippen LogP contribution in [0.2, 0.25) is 0 Å². The summed E-state index contributed by atoms with van der Waals surface area (Å²) in [7, 11) is 0. The van der Waals surface area contributed by atoms with E-state index in [1.807, 2.05) is 0 Å². The van der Waals surface area contributed by atoms with Crippen LogP contribution in [-0.4, -0.2) is 11.5 Å². The molecule has 0 saturated heterocycles. The Labute approximate surface area is 73.1 Å². The highest BCUT2D eigenvalue weighted by Crippen LogP contribution is 2.09. The van der Waals surface area contributed by atoms with E-state index in [4.69, 9.17) is 0 Å². The zero-order valence-electron chi connectivity index (χ0n) is 7.01. The van der Waals surface area contributed by atoms with Gasteiger partial charge in [-0.05, 0) is 25.0 Å².